The van der Waals surface area contributed by atoms with E-state index in [1.54, 1.807) is 13.0 Å². The molecule has 0 aliphatic carbocycles. The summed E-state index contributed by atoms with van der Waals surface area (Å²) in [6, 6.07) is 0. The molecule has 0 amide bonds. The van der Waals surface area contributed by atoms with Crippen molar-refractivity contribution in [1.29, 1.82) is 0 Å². The van der Waals surface area contributed by atoms with Crippen LogP contribution in [-0.4, -0.2) is 61.9 Å². The summed E-state index contributed by atoms with van der Waals surface area (Å²) in [5, 5.41) is 1.81. The lowest BCUT2D eigenvalue weighted by Crippen LogP contribution is -2.47. The Bertz CT molecular complexity index is 694. The van der Waals surface area contributed by atoms with Gasteiger partial charge in [-0.05, 0) is 36.6 Å². The van der Waals surface area contributed by atoms with Crippen molar-refractivity contribution in [3.8, 4) is 0 Å². The first-order valence-corrected chi connectivity index (χ1v) is 10.7. The highest BCUT2D eigenvalue weighted by Crippen LogP contribution is 2.19. The Morgan fingerprint density at radius 1 is 1.17 bits per heavy atom. The molecule has 1 aliphatic heterocycles. The predicted molar refractivity (Wildman–Crippen MR) is 121 cm³/mol. The highest BCUT2D eigenvalue weighted by atomic mass is 32.2. The van der Waals surface area contributed by atoms with Crippen molar-refractivity contribution in [1.82, 2.24) is 14.5 Å². The minimum Gasteiger partial charge on any atom is -0.459 e. The van der Waals surface area contributed by atoms with Crippen LogP contribution in [0.15, 0.2) is 71.6 Å². The molecule has 1 rings (SSSR count). The van der Waals surface area contributed by atoms with Crippen LogP contribution < -0.4 is 4.72 Å². The Kier molecular flexibility index (Phi) is 13.7. The zero-order chi connectivity index (χ0) is 22.2. The Morgan fingerprint density at radius 3 is 2.50 bits per heavy atom. The molecule has 0 aromatic rings. The van der Waals surface area contributed by atoms with E-state index in [2.05, 4.69) is 28.0 Å². The summed E-state index contributed by atoms with van der Waals surface area (Å²) in [5.41, 5.74) is 0.413. The third kappa shape index (κ3) is 11.3. The van der Waals surface area contributed by atoms with Crippen molar-refractivity contribution >= 4 is 18.2 Å². The first kappa shape index (κ1) is 26.0. The predicted octanol–water partition coefficient (Wildman–Crippen LogP) is 4.27. The number of carbonyl (C=O) groups is 1. The summed E-state index contributed by atoms with van der Waals surface area (Å²) in [5.74, 6) is -2.57. The summed E-state index contributed by atoms with van der Waals surface area (Å²) in [4.78, 5) is 15.4. The van der Waals surface area contributed by atoms with Crippen molar-refractivity contribution in [2.45, 2.75) is 13.8 Å². The van der Waals surface area contributed by atoms with Crippen molar-refractivity contribution in [3.05, 3.63) is 71.6 Å². The first-order chi connectivity index (χ1) is 14.5. The van der Waals surface area contributed by atoms with Crippen LogP contribution in [-0.2, 0) is 9.53 Å². The zero-order valence-corrected chi connectivity index (χ0v) is 18.5. The molecule has 0 aromatic heterocycles. The van der Waals surface area contributed by atoms with Gasteiger partial charge in [-0.3, -0.25) is 14.4 Å². The van der Waals surface area contributed by atoms with E-state index in [0.717, 1.165) is 51.9 Å². The van der Waals surface area contributed by atoms with Gasteiger partial charge in [0.05, 0.1) is 6.26 Å². The van der Waals surface area contributed by atoms with Crippen LogP contribution in [0, 0.1) is 0 Å². The summed E-state index contributed by atoms with van der Waals surface area (Å²) < 4.78 is 35.6. The van der Waals surface area contributed by atoms with E-state index in [-0.39, 0.29) is 0 Å². The molecule has 0 atom stereocenters. The number of nitrogens with zero attached hydrogens (tertiary/aromatic N) is 2. The molecule has 0 aromatic carbocycles. The van der Waals surface area contributed by atoms with E-state index >= 15 is 0 Å². The van der Waals surface area contributed by atoms with E-state index in [0.29, 0.717) is 11.9 Å². The van der Waals surface area contributed by atoms with E-state index in [1.807, 2.05) is 5.41 Å². The van der Waals surface area contributed by atoms with E-state index in [4.69, 9.17) is 4.74 Å². The van der Waals surface area contributed by atoms with E-state index in [1.165, 1.54) is 36.4 Å². The van der Waals surface area contributed by atoms with Gasteiger partial charge in [-0.1, -0.05) is 43.7 Å². The quantitative estimate of drug-likeness (QED) is 0.115. The van der Waals surface area contributed by atoms with Crippen molar-refractivity contribution in [2.24, 2.45) is 0 Å². The van der Waals surface area contributed by atoms with Crippen LogP contribution >= 0.6 is 11.9 Å². The largest absolute Gasteiger partial charge is 0.459 e. The number of nitrogens with one attached hydrogen (secondary N) is 1. The molecule has 0 bridgehead atoms. The third-order valence-electron chi connectivity index (χ3n) is 4.30. The van der Waals surface area contributed by atoms with Crippen molar-refractivity contribution in [3.63, 3.8) is 0 Å². The molecule has 30 heavy (non-hydrogen) atoms. The van der Waals surface area contributed by atoms with Crippen LogP contribution in [0.25, 0.3) is 0 Å². The number of allylic oxidation sites excluding steroid dienone is 8. The van der Waals surface area contributed by atoms with Gasteiger partial charge in [0.2, 0.25) is 0 Å². The maximum atomic E-state index is 14.0. The SMILES string of the molecule is C=C(F)\C(O/C=C/C=C/SNCCN1CCN(CC)CC1)=C(F)/C=C/C=C(\C)C=O. The molecular formula is C22H31F2N3O2S. The first-order valence-electron chi connectivity index (χ1n) is 9.84. The molecular weight excluding hydrogens is 408 g/mol. The molecule has 0 radical (unpaired) electrons. The minimum absolute atomic E-state index is 0.413. The molecule has 0 unspecified atom stereocenters. The van der Waals surface area contributed by atoms with Crippen LogP contribution in [0.1, 0.15) is 13.8 Å². The van der Waals surface area contributed by atoms with Crippen molar-refractivity contribution < 1.29 is 18.3 Å². The number of hydrogen-bond acceptors (Lipinski definition) is 6. The normalized spacial score (nSPS) is 17.8. The molecule has 1 aliphatic rings. The van der Waals surface area contributed by atoms with Gasteiger partial charge in [0, 0.05) is 39.3 Å². The number of hydrogen-bond donors (Lipinski definition) is 1. The number of rotatable bonds is 13. The molecule has 1 saturated heterocycles. The molecule has 8 heteroatoms. The monoisotopic (exact) mass is 439 g/mol. The summed E-state index contributed by atoms with van der Waals surface area (Å²) in [7, 11) is 0. The van der Waals surface area contributed by atoms with Gasteiger partial charge in [0.1, 0.15) is 6.29 Å². The standard InChI is InChI=1S/C22H31F2N3O2S/c1-4-26-12-14-27(15-13-26)11-10-25-30-17-6-5-16-29-22(20(3)23)21(24)9-7-8-19(2)18-28/h5-9,16-18,25H,3-4,10-15H2,1-2H3/b9-7+,16-5+,17-6+,19-8+,22-21-. The second-order valence-corrected chi connectivity index (χ2v) is 7.33. The van der Waals surface area contributed by atoms with E-state index in [9.17, 15) is 13.6 Å². The van der Waals surface area contributed by atoms with Gasteiger partial charge >= 0.3 is 0 Å². The van der Waals surface area contributed by atoms with Gasteiger partial charge in [0.25, 0.3) is 0 Å². The molecule has 1 heterocycles. The fraction of sp³-hybridized carbons (Fsp3) is 0.409. The second kappa shape index (κ2) is 15.8. The Labute approximate surface area is 182 Å². The summed E-state index contributed by atoms with van der Waals surface area (Å²) >= 11 is 1.44. The topological polar surface area (TPSA) is 44.8 Å². The number of likely N-dealkylation sites (N-methyl/N-ethyl adjacent to an activating group) is 1. The number of halogens is 2. The molecule has 5 nitrogen and oxygen atoms in total. The van der Waals surface area contributed by atoms with Crippen LogP contribution in [0.2, 0.25) is 0 Å². The maximum absolute atomic E-state index is 14.0. The Morgan fingerprint density at radius 2 is 1.87 bits per heavy atom. The third-order valence-corrected chi connectivity index (χ3v) is 4.96. The highest BCUT2D eigenvalue weighted by Gasteiger charge is 2.14. The smallest absolute Gasteiger partial charge is 0.197 e. The lowest BCUT2D eigenvalue weighted by molar-refractivity contribution is -0.104. The zero-order valence-electron chi connectivity index (χ0n) is 17.7. The molecule has 1 fully saturated rings. The van der Waals surface area contributed by atoms with Crippen LogP contribution in [0.3, 0.4) is 0 Å². The number of piperazine rings is 1. The molecule has 166 valence electrons. The van der Waals surface area contributed by atoms with Gasteiger partial charge in [-0.2, -0.15) is 0 Å². The second-order valence-electron chi connectivity index (χ2n) is 6.53. The molecule has 0 spiro atoms. The van der Waals surface area contributed by atoms with Crippen LogP contribution in [0.5, 0.6) is 0 Å². The summed E-state index contributed by atoms with van der Waals surface area (Å²) in [6.45, 7) is 14.3. The number of aldehydes is 1. The average molecular weight is 440 g/mol. The molecule has 1 N–H and O–H groups in total. The Hall–Kier alpha value is -2.00. The lowest BCUT2D eigenvalue weighted by atomic mass is 10.3. The maximum Gasteiger partial charge on any atom is 0.197 e. The van der Waals surface area contributed by atoms with Crippen LogP contribution in [0.4, 0.5) is 8.78 Å². The fourth-order valence-electron chi connectivity index (χ4n) is 2.53. The lowest BCUT2D eigenvalue weighted by Gasteiger charge is -2.33. The van der Waals surface area contributed by atoms with Crippen molar-refractivity contribution in [2.75, 3.05) is 45.8 Å². The van der Waals surface area contributed by atoms with Gasteiger partial charge in [0.15, 0.2) is 17.4 Å². The average Bonchev–Trinajstić information content (AvgIpc) is 2.74. The Balaban J connectivity index is 2.31. The minimum atomic E-state index is -1.03. The van der Waals surface area contributed by atoms with Gasteiger partial charge in [-0.15, -0.1) is 0 Å². The summed E-state index contributed by atoms with van der Waals surface area (Å²) in [6.07, 6.45) is 8.71. The number of carbonyl (C=O) groups excluding carboxylic acids is 1. The highest BCUT2D eigenvalue weighted by molar-refractivity contribution is 8.00. The van der Waals surface area contributed by atoms with Gasteiger partial charge in [-0.25, -0.2) is 8.78 Å². The van der Waals surface area contributed by atoms with Gasteiger partial charge < -0.3 is 9.64 Å². The number of ether oxygens (including phenoxy) is 1. The fourth-order valence-corrected chi connectivity index (χ4v) is 3.00. The van der Waals surface area contributed by atoms with E-state index < -0.39 is 17.4 Å². The molecule has 0 saturated carbocycles.